The minimum atomic E-state index is -0.515. The lowest BCUT2D eigenvalue weighted by atomic mass is 9.58. The van der Waals surface area contributed by atoms with Crippen LogP contribution in [0.4, 0.5) is 0 Å². The number of rotatable bonds is 3. The second-order valence-corrected chi connectivity index (χ2v) is 8.59. The molecule has 4 nitrogen and oxygen atoms in total. The van der Waals surface area contributed by atoms with E-state index < -0.39 is 5.97 Å². The first-order chi connectivity index (χ1) is 12.1. The maximum atomic E-state index is 11.6. The predicted octanol–water partition coefficient (Wildman–Crippen LogP) is 5.76. The van der Waals surface area contributed by atoms with Crippen LogP contribution in [-0.4, -0.2) is 13.1 Å². The monoisotopic (exact) mass is 356 g/mol. The predicted molar refractivity (Wildman–Crippen MR) is 101 cm³/mol. The lowest BCUT2D eigenvalue weighted by Gasteiger charge is -2.46. The summed E-state index contributed by atoms with van der Waals surface area (Å²) in [6.07, 6.45) is 1.13. The van der Waals surface area contributed by atoms with Gasteiger partial charge in [0.2, 0.25) is 5.76 Å². The molecule has 140 valence electrons. The largest absolute Gasteiger partial charge is 0.463 e. The molecule has 2 aromatic rings. The molecule has 0 saturated carbocycles. The number of benzene rings is 1. The summed E-state index contributed by atoms with van der Waals surface area (Å²) in [5.74, 6) is 1.26. The maximum absolute atomic E-state index is 11.6. The molecule has 1 aromatic carbocycles. The number of carbonyl (C=O) groups excluding carboxylic acids is 1. The normalized spacial score (nSPS) is 20.3. The number of esters is 1. The lowest BCUT2D eigenvalue weighted by molar-refractivity contribution is 0.0560. The van der Waals surface area contributed by atoms with Gasteiger partial charge in [0.15, 0.2) is 0 Å². The van der Waals surface area contributed by atoms with E-state index in [4.69, 9.17) is 9.15 Å². The standard InChI is InChI=1S/C22H28O4/c1-13-10-16-15(21(3,4)12-14(2)22(16,5)6)11-18(13)26-19-9-8-17(25-19)20(23)24-7/h8-11,14H,12H2,1-7H3. The number of furan rings is 1. The SMILES string of the molecule is COC(=O)c1ccc(Oc2cc3c(cc2C)C(C)(C)C(C)CC3(C)C)o1. The van der Waals surface area contributed by atoms with Crippen molar-refractivity contribution in [1.82, 2.24) is 0 Å². The highest BCUT2D eigenvalue weighted by molar-refractivity contribution is 5.86. The van der Waals surface area contributed by atoms with E-state index in [9.17, 15) is 4.79 Å². The van der Waals surface area contributed by atoms with E-state index >= 15 is 0 Å². The van der Waals surface area contributed by atoms with Gasteiger partial charge in [0, 0.05) is 6.07 Å². The van der Waals surface area contributed by atoms with Crippen LogP contribution in [0.5, 0.6) is 11.7 Å². The third kappa shape index (κ3) is 3.02. The van der Waals surface area contributed by atoms with Crippen molar-refractivity contribution in [3.05, 3.63) is 46.7 Å². The summed E-state index contributed by atoms with van der Waals surface area (Å²) in [6, 6.07) is 7.58. The van der Waals surface area contributed by atoms with Gasteiger partial charge in [-0.1, -0.05) is 40.7 Å². The van der Waals surface area contributed by atoms with Gasteiger partial charge in [-0.15, -0.1) is 0 Å². The Morgan fingerprint density at radius 1 is 1.15 bits per heavy atom. The summed E-state index contributed by atoms with van der Waals surface area (Å²) in [6.45, 7) is 13.6. The fraction of sp³-hybridized carbons (Fsp3) is 0.500. The lowest BCUT2D eigenvalue weighted by Crippen LogP contribution is -2.40. The molecule has 4 heteroatoms. The van der Waals surface area contributed by atoms with E-state index in [0.29, 0.717) is 5.92 Å². The van der Waals surface area contributed by atoms with E-state index in [1.54, 1.807) is 12.1 Å². The van der Waals surface area contributed by atoms with Gasteiger partial charge in [-0.25, -0.2) is 4.79 Å². The zero-order valence-corrected chi connectivity index (χ0v) is 16.7. The Morgan fingerprint density at radius 3 is 2.50 bits per heavy atom. The van der Waals surface area contributed by atoms with Crippen LogP contribution in [0.25, 0.3) is 0 Å². The van der Waals surface area contributed by atoms with E-state index in [1.165, 1.54) is 18.2 Å². The highest BCUT2D eigenvalue weighted by atomic mass is 16.6. The molecule has 1 heterocycles. The molecule has 0 N–H and O–H groups in total. The average Bonchev–Trinajstić information content (AvgIpc) is 3.02. The number of methoxy groups -OCH3 is 1. The van der Waals surface area contributed by atoms with Crippen LogP contribution in [0, 0.1) is 12.8 Å². The van der Waals surface area contributed by atoms with E-state index in [-0.39, 0.29) is 22.5 Å². The molecule has 0 spiro atoms. The van der Waals surface area contributed by atoms with Gasteiger partial charge in [-0.3, -0.25) is 0 Å². The van der Waals surface area contributed by atoms with Crippen molar-refractivity contribution < 1.29 is 18.7 Å². The van der Waals surface area contributed by atoms with Crippen molar-refractivity contribution in [3.63, 3.8) is 0 Å². The number of hydrogen-bond donors (Lipinski definition) is 0. The minimum absolute atomic E-state index is 0.0798. The molecular formula is C22H28O4. The Hall–Kier alpha value is -2.23. The number of hydrogen-bond acceptors (Lipinski definition) is 4. The summed E-state index contributed by atoms with van der Waals surface area (Å²) in [5.41, 5.74) is 3.97. The Labute approximate surface area is 155 Å². The van der Waals surface area contributed by atoms with Crippen molar-refractivity contribution in [1.29, 1.82) is 0 Å². The number of ether oxygens (including phenoxy) is 2. The third-order valence-electron chi connectivity index (χ3n) is 5.97. The van der Waals surface area contributed by atoms with Crippen molar-refractivity contribution in [2.24, 2.45) is 5.92 Å². The van der Waals surface area contributed by atoms with Gasteiger partial charge in [-0.05, 0) is 58.9 Å². The van der Waals surface area contributed by atoms with Gasteiger partial charge in [0.25, 0.3) is 5.95 Å². The molecule has 1 atom stereocenters. The van der Waals surface area contributed by atoms with E-state index in [1.807, 2.05) is 6.92 Å². The van der Waals surface area contributed by atoms with Crippen LogP contribution in [0.15, 0.2) is 28.7 Å². The molecule has 0 amide bonds. The van der Waals surface area contributed by atoms with Crippen molar-refractivity contribution in [2.75, 3.05) is 7.11 Å². The van der Waals surface area contributed by atoms with Gasteiger partial charge in [-0.2, -0.15) is 0 Å². The molecule has 0 radical (unpaired) electrons. The Balaban J connectivity index is 2.01. The van der Waals surface area contributed by atoms with E-state index in [0.717, 1.165) is 17.7 Å². The maximum Gasteiger partial charge on any atom is 0.374 e. The first-order valence-corrected chi connectivity index (χ1v) is 9.08. The van der Waals surface area contributed by atoms with Crippen LogP contribution in [0.3, 0.4) is 0 Å². The fourth-order valence-electron chi connectivity index (χ4n) is 3.98. The van der Waals surface area contributed by atoms with Crippen LogP contribution in [-0.2, 0) is 15.6 Å². The van der Waals surface area contributed by atoms with Gasteiger partial charge >= 0.3 is 5.97 Å². The second kappa shape index (κ2) is 6.19. The van der Waals surface area contributed by atoms with Crippen molar-refractivity contribution in [2.45, 2.75) is 58.8 Å². The number of aryl methyl sites for hydroxylation is 1. The zero-order chi connectivity index (χ0) is 19.3. The van der Waals surface area contributed by atoms with Crippen LogP contribution in [0.2, 0.25) is 0 Å². The second-order valence-electron chi connectivity index (χ2n) is 8.59. The van der Waals surface area contributed by atoms with Gasteiger partial charge in [0.1, 0.15) is 5.75 Å². The molecule has 0 aliphatic heterocycles. The molecule has 1 unspecified atom stereocenters. The van der Waals surface area contributed by atoms with Crippen LogP contribution >= 0.6 is 0 Å². The smallest absolute Gasteiger partial charge is 0.374 e. The summed E-state index contributed by atoms with van der Waals surface area (Å²) in [4.78, 5) is 11.6. The van der Waals surface area contributed by atoms with Crippen molar-refractivity contribution >= 4 is 5.97 Å². The topological polar surface area (TPSA) is 48.7 Å². The number of fused-ring (bicyclic) bond motifs is 1. The first-order valence-electron chi connectivity index (χ1n) is 9.08. The molecule has 0 saturated heterocycles. The highest BCUT2D eigenvalue weighted by Gasteiger charge is 2.42. The quantitative estimate of drug-likeness (QED) is 0.656. The molecule has 1 aromatic heterocycles. The van der Waals surface area contributed by atoms with E-state index in [2.05, 4.69) is 51.5 Å². The third-order valence-corrected chi connectivity index (χ3v) is 5.97. The molecule has 0 bridgehead atoms. The molecule has 1 aliphatic rings. The fourth-order valence-corrected chi connectivity index (χ4v) is 3.98. The summed E-state index contributed by atoms with van der Waals surface area (Å²) in [7, 11) is 1.32. The van der Waals surface area contributed by atoms with Gasteiger partial charge < -0.3 is 13.9 Å². The average molecular weight is 356 g/mol. The highest BCUT2D eigenvalue weighted by Crippen LogP contribution is 2.50. The Kier molecular flexibility index (Phi) is 4.41. The first kappa shape index (κ1) is 18.6. The zero-order valence-electron chi connectivity index (χ0n) is 16.7. The summed E-state index contributed by atoms with van der Waals surface area (Å²) >= 11 is 0. The Morgan fingerprint density at radius 2 is 1.85 bits per heavy atom. The molecule has 26 heavy (non-hydrogen) atoms. The summed E-state index contributed by atoms with van der Waals surface area (Å²) in [5, 5.41) is 0. The molecule has 0 fully saturated rings. The summed E-state index contributed by atoms with van der Waals surface area (Å²) < 4.78 is 16.1. The Bertz CT molecular complexity index is 842. The molecular weight excluding hydrogens is 328 g/mol. The van der Waals surface area contributed by atoms with Gasteiger partial charge in [0.05, 0.1) is 7.11 Å². The number of carbonyl (C=O) groups is 1. The van der Waals surface area contributed by atoms with Crippen LogP contribution in [0.1, 0.15) is 68.3 Å². The van der Waals surface area contributed by atoms with Crippen molar-refractivity contribution in [3.8, 4) is 11.7 Å². The molecule has 1 aliphatic carbocycles. The minimum Gasteiger partial charge on any atom is -0.463 e. The van der Waals surface area contributed by atoms with Crippen LogP contribution < -0.4 is 4.74 Å². The molecule has 3 rings (SSSR count).